The van der Waals surface area contributed by atoms with E-state index < -0.39 is 0 Å². The van der Waals surface area contributed by atoms with Crippen LogP contribution in [0.4, 0.5) is 0 Å². The summed E-state index contributed by atoms with van der Waals surface area (Å²) >= 11 is 0. The van der Waals surface area contributed by atoms with Gasteiger partial charge in [0.05, 0.1) is 0 Å². The van der Waals surface area contributed by atoms with Crippen LogP contribution in [0.25, 0.3) is 0 Å². The van der Waals surface area contributed by atoms with Crippen LogP contribution in [0.5, 0.6) is 5.75 Å². The van der Waals surface area contributed by atoms with Crippen LogP contribution in [-0.4, -0.2) is 23.9 Å². The fourth-order valence-electron chi connectivity index (χ4n) is 2.59. The Morgan fingerprint density at radius 1 is 1.42 bits per heavy atom. The lowest BCUT2D eigenvalue weighted by Crippen LogP contribution is -2.25. The highest BCUT2D eigenvalue weighted by Gasteiger charge is 2.31. The summed E-state index contributed by atoms with van der Waals surface area (Å²) in [4.78, 5) is 0. The molecule has 1 heterocycles. The summed E-state index contributed by atoms with van der Waals surface area (Å²) in [6.07, 6.45) is 1.83. The monoisotopic (exact) mass is 263 g/mol. The van der Waals surface area contributed by atoms with E-state index in [1.807, 2.05) is 0 Å². The number of hydrogen-bond donors (Lipinski definition) is 2. The number of hydrogen-bond acceptors (Lipinski definition) is 3. The minimum Gasteiger partial charge on any atom is -0.487 e. The lowest BCUT2D eigenvalue weighted by atomic mass is 10.0. The average Bonchev–Trinajstić information content (AvgIpc) is 2.64. The van der Waals surface area contributed by atoms with Gasteiger partial charge in [0.2, 0.25) is 0 Å². The number of nitrogens with one attached hydrogen (secondary N) is 1. The zero-order valence-electron chi connectivity index (χ0n) is 12.2. The molecule has 0 spiro atoms. The Morgan fingerprint density at radius 3 is 2.95 bits per heavy atom. The molecule has 1 atom stereocenters. The first-order chi connectivity index (χ1) is 9.02. The number of aliphatic hydroxyl groups excluding tert-OH is 1. The molecule has 3 heteroatoms. The first kappa shape index (κ1) is 14.4. The van der Waals surface area contributed by atoms with Crippen molar-refractivity contribution < 1.29 is 9.84 Å². The van der Waals surface area contributed by atoms with Crippen molar-refractivity contribution >= 4 is 0 Å². The summed E-state index contributed by atoms with van der Waals surface area (Å²) < 4.78 is 6.05. The summed E-state index contributed by atoms with van der Waals surface area (Å²) in [5, 5.41) is 12.3. The van der Waals surface area contributed by atoms with Crippen LogP contribution >= 0.6 is 0 Å². The van der Waals surface area contributed by atoms with Gasteiger partial charge < -0.3 is 15.2 Å². The summed E-state index contributed by atoms with van der Waals surface area (Å²) in [6.45, 7) is 8.43. The Balaban J connectivity index is 1.94. The number of aliphatic hydroxyl groups is 1. The Labute approximate surface area is 116 Å². The molecule has 0 aromatic heterocycles. The van der Waals surface area contributed by atoms with Gasteiger partial charge in [-0.1, -0.05) is 25.1 Å². The first-order valence-electron chi connectivity index (χ1n) is 7.13. The Hall–Kier alpha value is -1.06. The largest absolute Gasteiger partial charge is 0.487 e. The van der Waals surface area contributed by atoms with Gasteiger partial charge in [0.15, 0.2) is 0 Å². The van der Waals surface area contributed by atoms with Gasteiger partial charge in [-0.05, 0) is 38.3 Å². The quantitative estimate of drug-likeness (QED) is 0.828. The highest BCUT2D eigenvalue weighted by Crippen LogP contribution is 2.37. The molecule has 1 aromatic rings. The molecule has 0 radical (unpaired) electrons. The molecule has 106 valence electrons. The molecule has 0 bridgehead atoms. The van der Waals surface area contributed by atoms with Crippen LogP contribution in [0, 0.1) is 5.92 Å². The second kappa shape index (κ2) is 5.93. The van der Waals surface area contributed by atoms with E-state index in [1.54, 1.807) is 0 Å². The molecule has 0 fully saturated rings. The highest BCUT2D eigenvalue weighted by atomic mass is 16.5. The smallest absolute Gasteiger partial charge is 0.127 e. The van der Waals surface area contributed by atoms with Crippen LogP contribution in [0.3, 0.4) is 0 Å². The van der Waals surface area contributed by atoms with Crippen molar-refractivity contribution in [2.24, 2.45) is 5.92 Å². The predicted molar refractivity (Wildman–Crippen MR) is 77.4 cm³/mol. The van der Waals surface area contributed by atoms with Gasteiger partial charge in [0.1, 0.15) is 11.4 Å². The van der Waals surface area contributed by atoms with Crippen LogP contribution in [0.2, 0.25) is 0 Å². The maximum atomic E-state index is 8.89. The number of para-hydroxylation sites is 1. The van der Waals surface area contributed by atoms with E-state index in [-0.39, 0.29) is 12.2 Å². The van der Waals surface area contributed by atoms with Crippen molar-refractivity contribution in [1.29, 1.82) is 0 Å². The molecule has 1 aliphatic heterocycles. The second-order valence-electron chi connectivity index (χ2n) is 6.19. The molecule has 2 N–H and O–H groups in total. The van der Waals surface area contributed by atoms with Gasteiger partial charge in [0.25, 0.3) is 0 Å². The maximum absolute atomic E-state index is 8.89. The summed E-state index contributed by atoms with van der Waals surface area (Å²) in [7, 11) is 0. The van der Waals surface area contributed by atoms with E-state index in [0.717, 1.165) is 31.7 Å². The van der Waals surface area contributed by atoms with Crippen molar-refractivity contribution in [1.82, 2.24) is 5.32 Å². The fourth-order valence-corrected chi connectivity index (χ4v) is 2.59. The molecule has 1 aliphatic rings. The Bertz CT molecular complexity index is 429. The molecule has 3 nitrogen and oxygen atoms in total. The lowest BCUT2D eigenvalue weighted by Gasteiger charge is -2.18. The number of fused-ring (bicyclic) bond motifs is 1. The fraction of sp³-hybridized carbons (Fsp3) is 0.625. The van der Waals surface area contributed by atoms with Crippen molar-refractivity contribution in [3.8, 4) is 5.75 Å². The van der Waals surface area contributed by atoms with Crippen LogP contribution in [0.1, 0.15) is 38.3 Å². The van der Waals surface area contributed by atoms with Gasteiger partial charge in [-0.25, -0.2) is 0 Å². The molecule has 2 rings (SSSR count). The molecule has 0 saturated carbocycles. The second-order valence-corrected chi connectivity index (χ2v) is 6.19. The van der Waals surface area contributed by atoms with Gasteiger partial charge >= 0.3 is 0 Å². The minimum atomic E-state index is -0.0807. The van der Waals surface area contributed by atoms with E-state index in [4.69, 9.17) is 9.84 Å². The standard InChI is InChI=1S/C16H25NO2/c1-12(7-8-18)10-17-11-14-6-4-5-13-9-16(2,3)19-15(13)14/h4-6,12,17-18H,7-11H2,1-3H3. The van der Waals surface area contributed by atoms with Crippen LogP contribution in [-0.2, 0) is 13.0 Å². The SMILES string of the molecule is CC(CCO)CNCc1cccc2c1OC(C)(C)C2. The van der Waals surface area contributed by atoms with Gasteiger partial charge in [0, 0.05) is 25.1 Å². The van der Waals surface area contributed by atoms with E-state index in [0.29, 0.717) is 5.92 Å². The molecule has 0 aliphatic carbocycles. The molecular formula is C16H25NO2. The van der Waals surface area contributed by atoms with Crippen molar-refractivity contribution in [3.63, 3.8) is 0 Å². The molecule has 0 amide bonds. The third-order valence-electron chi connectivity index (χ3n) is 3.60. The molecule has 1 unspecified atom stereocenters. The summed E-state index contributed by atoms with van der Waals surface area (Å²) in [6, 6.07) is 6.39. The summed E-state index contributed by atoms with van der Waals surface area (Å²) in [5.41, 5.74) is 2.47. The third kappa shape index (κ3) is 3.71. The normalized spacial score (nSPS) is 17.9. The van der Waals surface area contributed by atoms with Gasteiger partial charge in [-0.3, -0.25) is 0 Å². The topological polar surface area (TPSA) is 41.5 Å². The number of benzene rings is 1. The minimum absolute atomic E-state index is 0.0807. The van der Waals surface area contributed by atoms with E-state index in [1.165, 1.54) is 11.1 Å². The number of ether oxygens (including phenoxy) is 1. The third-order valence-corrected chi connectivity index (χ3v) is 3.60. The predicted octanol–water partition coefficient (Wildman–Crippen LogP) is 2.51. The summed E-state index contributed by atoms with van der Waals surface area (Å²) in [5.74, 6) is 1.56. The zero-order valence-corrected chi connectivity index (χ0v) is 12.2. The van der Waals surface area contributed by atoms with Gasteiger partial charge in [-0.2, -0.15) is 0 Å². The van der Waals surface area contributed by atoms with Crippen molar-refractivity contribution in [2.75, 3.05) is 13.2 Å². The Morgan fingerprint density at radius 2 is 2.21 bits per heavy atom. The Kier molecular flexibility index (Phi) is 4.48. The van der Waals surface area contributed by atoms with E-state index >= 15 is 0 Å². The molecule has 0 saturated heterocycles. The maximum Gasteiger partial charge on any atom is 0.127 e. The first-order valence-corrected chi connectivity index (χ1v) is 7.13. The van der Waals surface area contributed by atoms with Crippen molar-refractivity contribution in [2.45, 2.75) is 45.8 Å². The lowest BCUT2D eigenvalue weighted by molar-refractivity contribution is 0.137. The van der Waals surface area contributed by atoms with Crippen LogP contribution in [0.15, 0.2) is 18.2 Å². The van der Waals surface area contributed by atoms with Gasteiger partial charge in [-0.15, -0.1) is 0 Å². The molecule has 1 aromatic carbocycles. The molecule has 19 heavy (non-hydrogen) atoms. The molecular weight excluding hydrogens is 238 g/mol. The van der Waals surface area contributed by atoms with Crippen molar-refractivity contribution in [3.05, 3.63) is 29.3 Å². The van der Waals surface area contributed by atoms with E-state index in [9.17, 15) is 0 Å². The highest BCUT2D eigenvalue weighted by molar-refractivity contribution is 5.45. The number of rotatable bonds is 6. The van der Waals surface area contributed by atoms with Crippen LogP contribution < -0.4 is 10.1 Å². The van der Waals surface area contributed by atoms with E-state index in [2.05, 4.69) is 44.3 Å². The average molecular weight is 263 g/mol. The zero-order chi connectivity index (χ0) is 13.9.